The third-order valence-corrected chi connectivity index (χ3v) is 3.35. The zero-order chi connectivity index (χ0) is 11.3. The van der Waals surface area contributed by atoms with Gasteiger partial charge in [0.2, 0.25) is 0 Å². The molecule has 1 atom stereocenters. The average Bonchev–Trinajstić information content (AvgIpc) is 2.29. The molecule has 0 bridgehead atoms. The molecule has 0 saturated carbocycles. The molecule has 0 fully saturated rings. The van der Waals surface area contributed by atoms with E-state index in [1.165, 1.54) is 24.8 Å². The molecule has 0 aliphatic carbocycles. The molecule has 0 N–H and O–H groups in total. The summed E-state index contributed by atoms with van der Waals surface area (Å²) >= 11 is 0. The molecule has 1 aromatic rings. The predicted molar refractivity (Wildman–Crippen MR) is 65.5 cm³/mol. The number of benzene rings is 1. The first-order chi connectivity index (χ1) is 7.16. The van der Waals surface area contributed by atoms with Gasteiger partial charge in [0.15, 0.2) is 0 Å². The van der Waals surface area contributed by atoms with Crippen LogP contribution in [0.2, 0.25) is 0 Å². The van der Waals surface area contributed by atoms with Gasteiger partial charge in [-0.15, -0.1) is 0 Å². The van der Waals surface area contributed by atoms with Gasteiger partial charge in [-0.05, 0) is 36.0 Å². The number of hydrogen-bond acceptors (Lipinski definition) is 1. The summed E-state index contributed by atoms with van der Waals surface area (Å²) in [4.78, 5) is 0. The molecule has 1 rings (SSSR count). The summed E-state index contributed by atoms with van der Waals surface area (Å²) in [5.41, 5.74) is 1.69. The van der Waals surface area contributed by atoms with E-state index in [0.29, 0.717) is 5.41 Å². The Morgan fingerprint density at radius 2 is 2.00 bits per heavy atom. The standard InChI is InChI=1S/C14H22O/c1-5-10-14(3,6-2)12-8-7-9-13(11-12)15-4/h7-9,11H,5-6,10H2,1-4H3. The summed E-state index contributed by atoms with van der Waals surface area (Å²) in [5, 5.41) is 0. The quantitative estimate of drug-likeness (QED) is 0.702. The lowest BCUT2D eigenvalue weighted by atomic mass is 9.76. The molecule has 0 aliphatic heterocycles. The first-order valence-electron chi connectivity index (χ1n) is 5.81. The van der Waals surface area contributed by atoms with Crippen molar-refractivity contribution in [1.82, 2.24) is 0 Å². The van der Waals surface area contributed by atoms with E-state index >= 15 is 0 Å². The van der Waals surface area contributed by atoms with Gasteiger partial charge in [0.1, 0.15) is 5.75 Å². The van der Waals surface area contributed by atoms with Crippen molar-refractivity contribution >= 4 is 0 Å². The summed E-state index contributed by atoms with van der Waals surface area (Å²) in [5.74, 6) is 0.961. The van der Waals surface area contributed by atoms with Gasteiger partial charge in [-0.2, -0.15) is 0 Å². The molecule has 0 amide bonds. The van der Waals surface area contributed by atoms with Crippen molar-refractivity contribution in [2.24, 2.45) is 0 Å². The van der Waals surface area contributed by atoms with Crippen LogP contribution in [-0.4, -0.2) is 7.11 Å². The van der Waals surface area contributed by atoms with Crippen LogP contribution in [0.4, 0.5) is 0 Å². The average molecular weight is 206 g/mol. The van der Waals surface area contributed by atoms with Crippen molar-refractivity contribution < 1.29 is 4.74 Å². The second-order valence-corrected chi connectivity index (χ2v) is 4.40. The summed E-state index contributed by atoms with van der Waals surface area (Å²) < 4.78 is 5.27. The number of methoxy groups -OCH3 is 1. The Morgan fingerprint density at radius 1 is 1.27 bits per heavy atom. The largest absolute Gasteiger partial charge is 0.497 e. The molecule has 0 aliphatic rings. The van der Waals surface area contributed by atoms with Crippen LogP contribution in [0, 0.1) is 0 Å². The van der Waals surface area contributed by atoms with Crippen LogP contribution in [0.5, 0.6) is 5.75 Å². The maximum Gasteiger partial charge on any atom is 0.119 e. The van der Waals surface area contributed by atoms with Crippen molar-refractivity contribution in [2.75, 3.05) is 7.11 Å². The van der Waals surface area contributed by atoms with Crippen molar-refractivity contribution in [1.29, 1.82) is 0 Å². The van der Waals surface area contributed by atoms with Crippen LogP contribution < -0.4 is 4.74 Å². The molecular weight excluding hydrogens is 184 g/mol. The molecule has 0 radical (unpaired) electrons. The molecular formula is C14H22O. The normalized spacial score (nSPS) is 14.7. The van der Waals surface area contributed by atoms with Gasteiger partial charge < -0.3 is 4.74 Å². The molecule has 84 valence electrons. The first kappa shape index (κ1) is 12.1. The first-order valence-corrected chi connectivity index (χ1v) is 5.81. The summed E-state index contributed by atoms with van der Waals surface area (Å²) in [6.45, 7) is 6.84. The SMILES string of the molecule is CCCC(C)(CC)c1cccc(OC)c1. The van der Waals surface area contributed by atoms with Gasteiger partial charge in [0.05, 0.1) is 7.11 Å². The molecule has 1 aromatic carbocycles. The Hall–Kier alpha value is -0.980. The van der Waals surface area contributed by atoms with Crippen molar-refractivity contribution in [3.05, 3.63) is 29.8 Å². The maximum atomic E-state index is 5.27. The van der Waals surface area contributed by atoms with E-state index in [4.69, 9.17) is 4.74 Å². The van der Waals surface area contributed by atoms with Crippen molar-refractivity contribution in [3.8, 4) is 5.75 Å². The molecule has 0 saturated heterocycles. The van der Waals surface area contributed by atoms with Crippen molar-refractivity contribution in [2.45, 2.75) is 45.4 Å². The minimum atomic E-state index is 0.295. The number of hydrogen-bond donors (Lipinski definition) is 0. The minimum Gasteiger partial charge on any atom is -0.497 e. The molecule has 0 heterocycles. The molecule has 1 nitrogen and oxygen atoms in total. The minimum absolute atomic E-state index is 0.295. The van der Waals surface area contributed by atoms with Gasteiger partial charge in [0, 0.05) is 0 Å². The monoisotopic (exact) mass is 206 g/mol. The maximum absolute atomic E-state index is 5.27. The predicted octanol–water partition coefficient (Wildman–Crippen LogP) is 4.16. The Labute approximate surface area is 93.5 Å². The lowest BCUT2D eigenvalue weighted by molar-refractivity contribution is 0.397. The summed E-state index contributed by atoms with van der Waals surface area (Å²) in [6, 6.07) is 8.46. The van der Waals surface area contributed by atoms with Gasteiger partial charge in [-0.25, -0.2) is 0 Å². The van der Waals surface area contributed by atoms with Crippen LogP contribution in [0.25, 0.3) is 0 Å². The van der Waals surface area contributed by atoms with E-state index in [-0.39, 0.29) is 0 Å². The second kappa shape index (κ2) is 5.20. The van der Waals surface area contributed by atoms with Crippen LogP contribution >= 0.6 is 0 Å². The molecule has 1 heteroatoms. The second-order valence-electron chi connectivity index (χ2n) is 4.40. The van der Waals surface area contributed by atoms with E-state index in [1.54, 1.807) is 7.11 Å². The van der Waals surface area contributed by atoms with E-state index in [0.717, 1.165) is 5.75 Å². The van der Waals surface area contributed by atoms with E-state index in [1.807, 2.05) is 6.07 Å². The van der Waals surface area contributed by atoms with Crippen LogP contribution in [0.3, 0.4) is 0 Å². The molecule has 15 heavy (non-hydrogen) atoms. The van der Waals surface area contributed by atoms with Crippen LogP contribution in [-0.2, 0) is 5.41 Å². The number of ether oxygens (including phenoxy) is 1. The van der Waals surface area contributed by atoms with Crippen LogP contribution in [0.1, 0.15) is 45.6 Å². The fraction of sp³-hybridized carbons (Fsp3) is 0.571. The highest BCUT2D eigenvalue weighted by atomic mass is 16.5. The lowest BCUT2D eigenvalue weighted by Gasteiger charge is -2.28. The van der Waals surface area contributed by atoms with Crippen molar-refractivity contribution in [3.63, 3.8) is 0 Å². The van der Waals surface area contributed by atoms with Gasteiger partial charge in [0.25, 0.3) is 0 Å². The van der Waals surface area contributed by atoms with E-state index < -0.39 is 0 Å². The van der Waals surface area contributed by atoms with Gasteiger partial charge >= 0.3 is 0 Å². The van der Waals surface area contributed by atoms with E-state index in [2.05, 4.69) is 39.0 Å². The zero-order valence-electron chi connectivity index (χ0n) is 10.3. The Morgan fingerprint density at radius 3 is 2.53 bits per heavy atom. The molecule has 0 spiro atoms. The molecule has 1 unspecified atom stereocenters. The lowest BCUT2D eigenvalue weighted by Crippen LogP contribution is -2.20. The van der Waals surface area contributed by atoms with Gasteiger partial charge in [-0.3, -0.25) is 0 Å². The highest BCUT2D eigenvalue weighted by molar-refractivity contribution is 5.33. The Balaban J connectivity index is 3.00. The third kappa shape index (κ3) is 2.74. The summed E-state index contributed by atoms with van der Waals surface area (Å²) in [6.07, 6.45) is 3.63. The third-order valence-electron chi connectivity index (χ3n) is 3.35. The highest BCUT2D eigenvalue weighted by Gasteiger charge is 2.23. The smallest absolute Gasteiger partial charge is 0.119 e. The fourth-order valence-corrected chi connectivity index (χ4v) is 2.08. The topological polar surface area (TPSA) is 9.23 Å². The Bertz CT molecular complexity index is 306. The highest BCUT2D eigenvalue weighted by Crippen LogP contribution is 2.33. The van der Waals surface area contributed by atoms with E-state index in [9.17, 15) is 0 Å². The van der Waals surface area contributed by atoms with Gasteiger partial charge in [-0.1, -0.05) is 39.3 Å². The Kier molecular flexibility index (Phi) is 4.19. The number of rotatable bonds is 5. The zero-order valence-corrected chi connectivity index (χ0v) is 10.3. The molecule has 0 aromatic heterocycles. The summed E-state index contributed by atoms with van der Waals surface area (Å²) in [7, 11) is 1.72. The van der Waals surface area contributed by atoms with Crippen LogP contribution in [0.15, 0.2) is 24.3 Å². The fourth-order valence-electron chi connectivity index (χ4n) is 2.08.